The maximum absolute atomic E-state index is 10.1. The first-order valence-electron chi connectivity index (χ1n) is 16.3. The zero-order valence-electron chi connectivity index (χ0n) is 27.3. The lowest BCUT2D eigenvalue weighted by Crippen LogP contribution is -2.52. The maximum Gasteiger partial charge on any atom is 0.103 e. The number of hydrogen-bond acceptors (Lipinski definition) is 8. The number of halogens is 2. The van der Waals surface area contributed by atoms with Gasteiger partial charge in [-0.2, -0.15) is 5.26 Å². The molecule has 3 heterocycles. The van der Waals surface area contributed by atoms with Gasteiger partial charge in [-0.25, -0.2) is 0 Å². The standard InChI is InChI=1S/C37H42Cl2N8/c1-5-32(24-9-7-6-8-10-24)43-34-26(21-40)22-41-36-30(34)19-28(20-31(36)39)42-35(25-11-13-27(38)14-12-25)33-23-47(45-44-33)29-15-17-46(18-16-29)37(2,3)4/h6-14,19-20,22-23,29,32,35,42,44-45H,5,15-18H2,1-4H3,(H,41,43)/t32-,35+/m1/s1. The quantitative estimate of drug-likeness (QED) is 0.141. The molecule has 3 aromatic carbocycles. The Balaban J connectivity index is 1.33. The average Bonchev–Trinajstić information content (AvgIpc) is 3.57. The topological polar surface area (TPSA) is 91.3 Å². The molecule has 6 rings (SSSR count). The van der Waals surface area contributed by atoms with Gasteiger partial charge in [-0.05, 0) is 75.4 Å². The van der Waals surface area contributed by atoms with Gasteiger partial charge in [-0.1, -0.05) is 72.6 Å². The molecule has 244 valence electrons. The number of anilines is 2. The molecular weight excluding hydrogens is 627 g/mol. The van der Waals surface area contributed by atoms with E-state index < -0.39 is 0 Å². The second-order valence-corrected chi connectivity index (χ2v) is 14.1. The Kier molecular flexibility index (Phi) is 9.81. The van der Waals surface area contributed by atoms with Gasteiger partial charge in [0.1, 0.15) is 6.07 Å². The highest BCUT2D eigenvalue weighted by Gasteiger charge is 2.32. The van der Waals surface area contributed by atoms with Crippen LogP contribution in [0.1, 0.15) is 75.7 Å². The van der Waals surface area contributed by atoms with Crippen molar-refractivity contribution in [3.63, 3.8) is 0 Å². The van der Waals surface area contributed by atoms with Crippen LogP contribution in [0.25, 0.3) is 10.9 Å². The van der Waals surface area contributed by atoms with E-state index in [4.69, 9.17) is 23.2 Å². The number of benzene rings is 3. The summed E-state index contributed by atoms with van der Waals surface area (Å²) in [4.78, 5) is 7.14. The van der Waals surface area contributed by atoms with Crippen molar-refractivity contribution in [3.8, 4) is 6.07 Å². The van der Waals surface area contributed by atoms with E-state index in [9.17, 15) is 5.26 Å². The lowest BCUT2D eigenvalue weighted by Gasteiger charge is -2.42. The van der Waals surface area contributed by atoms with Crippen molar-refractivity contribution in [2.24, 2.45) is 0 Å². The number of aromatic nitrogens is 1. The molecule has 1 saturated heterocycles. The lowest BCUT2D eigenvalue weighted by molar-refractivity contribution is 0.0570. The van der Waals surface area contributed by atoms with E-state index in [0.717, 1.165) is 65.9 Å². The van der Waals surface area contributed by atoms with Gasteiger partial charge in [0.25, 0.3) is 0 Å². The monoisotopic (exact) mass is 668 g/mol. The number of nitriles is 1. The molecule has 10 heteroatoms. The fraction of sp³-hybridized carbons (Fsp3) is 0.351. The molecular formula is C37H42Cl2N8. The van der Waals surface area contributed by atoms with E-state index >= 15 is 0 Å². The molecule has 8 nitrogen and oxygen atoms in total. The third-order valence-electron chi connectivity index (χ3n) is 9.21. The third-order valence-corrected chi connectivity index (χ3v) is 9.75. The summed E-state index contributed by atoms with van der Waals surface area (Å²) in [6.45, 7) is 11.1. The summed E-state index contributed by atoms with van der Waals surface area (Å²) in [5.41, 5.74) is 12.8. The van der Waals surface area contributed by atoms with Gasteiger partial charge in [0.15, 0.2) is 0 Å². The number of rotatable bonds is 9. The summed E-state index contributed by atoms with van der Waals surface area (Å²) in [6, 6.07) is 24.5. The van der Waals surface area contributed by atoms with Crippen LogP contribution in [0, 0.1) is 11.3 Å². The molecule has 0 bridgehead atoms. The molecule has 4 aromatic rings. The Labute approximate surface area is 287 Å². The van der Waals surface area contributed by atoms with Gasteiger partial charge in [-0.15, -0.1) is 5.53 Å². The fourth-order valence-corrected chi connectivity index (χ4v) is 6.92. The van der Waals surface area contributed by atoms with Gasteiger partial charge in [0.05, 0.1) is 39.6 Å². The summed E-state index contributed by atoms with van der Waals surface area (Å²) < 4.78 is 0. The SMILES string of the molecule is CC[C@@H](Nc1c(C#N)cnc2c(Cl)cc(N[C@H](C3=CN(C4CCN(C(C)(C)C)CC4)NN3)c3ccc(Cl)cc3)cc12)c1ccccc1. The van der Waals surface area contributed by atoms with Crippen molar-refractivity contribution in [1.82, 2.24) is 25.9 Å². The Morgan fingerprint density at radius 2 is 1.72 bits per heavy atom. The van der Waals surface area contributed by atoms with Crippen LogP contribution in [0.15, 0.2) is 84.8 Å². The molecule has 0 aliphatic carbocycles. The number of fused-ring (bicyclic) bond motifs is 1. The number of nitrogens with zero attached hydrogens (tertiary/aromatic N) is 4. The van der Waals surface area contributed by atoms with Crippen LogP contribution in [-0.2, 0) is 0 Å². The van der Waals surface area contributed by atoms with E-state index in [1.807, 2.05) is 54.6 Å². The number of pyridine rings is 1. The molecule has 1 fully saturated rings. The highest BCUT2D eigenvalue weighted by Crippen LogP contribution is 2.38. The second kappa shape index (κ2) is 14.0. The lowest BCUT2D eigenvalue weighted by atomic mass is 9.98. The Hall–Kier alpha value is -4.00. The molecule has 0 spiro atoms. The van der Waals surface area contributed by atoms with E-state index in [0.29, 0.717) is 27.2 Å². The summed E-state index contributed by atoms with van der Waals surface area (Å²) >= 11 is 13.2. The number of piperidine rings is 1. The molecule has 0 amide bonds. The Morgan fingerprint density at radius 1 is 1.00 bits per heavy atom. The Morgan fingerprint density at radius 3 is 2.38 bits per heavy atom. The summed E-state index contributed by atoms with van der Waals surface area (Å²) in [7, 11) is 0. The highest BCUT2D eigenvalue weighted by molar-refractivity contribution is 6.36. The van der Waals surface area contributed by atoms with Gasteiger partial charge in [-0.3, -0.25) is 14.9 Å². The van der Waals surface area contributed by atoms with Crippen molar-refractivity contribution in [2.75, 3.05) is 23.7 Å². The first kappa shape index (κ1) is 32.9. The minimum absolute atomic E-state index is 0.00581. The third kappa shape index (κ3) is 7.29. The first-order valence-corrected chi connectivity index (χ1v) is 17.0. The maximum atomic E-state index is 10.1. The molecule has 0 radical (unpaired) electrons. The molecule has 4 N–H and O–H groups in total. The van der Waals surface area contributed by atoms with E-state index in [-0.39, 0.29) is 17.6 Å². The van der Waals surface area contributed by atoms with Crippen molar-refractivity contribution in [1.29, 1.82) is 5.26 Å². The van der Waals surface area contributed by atoms with Gasteiger partial charge >= 0.3 is 0 Å². The molecule has 47 heavy (non-hydrogen) atoms. The first-order chi connectivity index (χ1) is 22.6. The number of likely N-dealkylation sites (tertiary alicyclic amines) is 1. The van der Waals surface area contributed by atoms with Crippen LogP contribution >= 0.6 is 23.2 Å². The van der Waals surface area contributed by atoms with Crippen molar-refractivity contribution in [2.45, 2.75) is 70.6 Å². The normalized spacial score (nSPS) is 17.1. The van der Waals surface area contributed by atoms with Crippen LogP contribution in [-0.4, -0.2) is 39.6 Å². The number of nitrogens with one attached hydrogen (secondary N) is 4. The van der Waals surface area contributed by atoms with Crippen LogP contribution in [0.2, 0.25) is 10.0 Å². The molecule has 2 atom stereocenters. The predicted octanol–water partition coefficient (Wildman–Crippen LogP) is 8.56. The van der Waals surface area contributed by atoms with Crippen LogP contribution in [0.4, 0.5) is 11.4 Å². The molecule has 0 saturated carbocycles. The second-order valence-electron chi connectivity index (χ2n) is 13.3. The fourth-order valence-electron chi connectivity index (χ4n) is 6.53. The van der Waals surface area contributed by atoms with Crippen molar-refractivity contribution in [3.05, 3.63) is 112 Å². The smallest absolute Gasteiger partial charge is 0.103 e. The number of hydrogen-bond donors (Lipinski definition) is 4. The highest BCUT2D eigenvalue weighted by atomic mass is 35.5. The zero-order chi connectivity index (χ0) is 33.1. The summed E-state index contributed by atoms with van der Waals surface area (Å²) in [5, 5.41) is 21.6. The minimum Gasteiger partial charge on any atom is -0.377 e. The minimum atomic E-state index is -0.246. The van der Waals surface area contributed by atoms with Crippen LogP contribution < -0.4 is 21.6 Å². The largest absolute Gasteiger partial charge is 0.377 e. The molecule has 1 aromatic heterocycles. The van der Waals surface area contributed by atoms with Crippen LogP contribution in [0.3, 0.4) is 0 Å². The van der Waals surface area contributed by atoms with Gasteiger partial charge in [0.2, 0.25) is 0 Å². The predicted molar refractivity (Wildman–Crippen MR) is 193 cm³/mol. The Bertz CT molecular complexity index is 1770. The van der Waals surface area contributed by atoms with E-state index in [1.54, 1.807) is 6.20 Å². The van der Waals surface area contributed by atoms with Crippen molar-refractivity contribution >= 4 is 45.5 Å². The molecule has 2 aliphatic heterocycles. The van der Waals surface area contributed by atoms with Gasteiger partial charge in [0, 0.05) is 53.2 Å². The van der Waals surface area contributed by atoms with Gasteiger partial charge < -0.3 is 16.1 Å². The van der Waals surface area contributed by atoms with E-state index in [2.05, 4.69) is 88.6 Å². The number of hydrazine groups is 2. The summed E-state index contributed by atoms with van der Waals surface area (Å²) in [5.74, 6) is 0. The average molecular weight is 670 g/mol. The molecule has 2 aliphatic rings. The van der Waals surface area contributed by atoms with Crippen LogP contribution in [0.5, 0.6) is 0 Å². The summed E-state index contributed by atoms with van der Waals surface area (Å²) in [6.07, 6.45) is 6.74. The van der Waals surface area contributed by atoms with E-state index in [1.165, 1.54) is 0 Å². The van der Waals surface area contributed by atoms with Crippen molar-refractivity contribution < 1.29 is 0 Å². The molecule has 0 unspecified atom stereocenters. The zero-order valence-corrected chi connectivity index (χ0v) is 28.8.